The largest absolute Gasteiger partial charge is 0.235 e. The number of hydrogen-bond acceptors (Lipinski definition) is 2. The minimum atomic E-state index is -0.511. The van der Waals surface area contributed by atoms with E-state index in [-0.39, 0.29) is 10.8 Å². The molecule has 0 saturated heterocycles. The summed E-state index contributed by atoms with van der Waals surface area (Å²) in [4.78, 5) is 14.4. The molecular weight excluding hydrogens is 241 g/mol. The van der Waals surface area contributed by atoms with Crippen LogP contribution in [-0.4, -0.2) is 6.08 Å². The minimum Gasteiger partial charge on any atom is -0.211 e. The van der Waals surface area contributed by atoms with E-state index in [9.17, 15) is 9.18 Å². The molecule has 90 valence electrons. The average Bonchev–Trinajstić information content (AvgIpc) is 2.27. The van der Waals surface area contributed by atoms with Crippen molar-refractivity contribution in [3.05, 3.63) is 34.1 Å². The van der Waals surface area contributed by atoms with Gasteiger partial charge in [0.15, 0.2) is 0 Å². The van der Waals surface area contributed by atoms with Crippen molar-refractivity contribution in [1.29, 1.82) is 0 Å². The maximum atomic E-state index is 13.6. The van der Waals surface area contributed by atoms with E-state index >= 15 is 0 Å². The number of aliphatic imine (C=N–C) groups is 1. The molecule has 1 saturated carbocycles. The van der Waals surface area contributed by atoms with Gasteiger partial charge >= 0.3 is 0 Å². The number of nitrogens with zero attached hydrogens (tertiary/aromatic N) is 1. The Hall–Kier alpha value is -1.18. The molecule has 1 aromatic carbocycles. The van der Waals surface area contributed by atoms with Gasteiger partial charge in [0.2, 0.25) is 6.08 Å². The van der Waals surface area contributed by atoms with Gasteiger partial charge in [-0.3, -0.25) is 0 Å². The van der Waals surface area contributed by atoms with E-state index in [4.69, 9.17) is 11.6 Å². The number of aryl methyl sites for hydroxylation is 1. The van der Waals surface area contributed by atoms with Gasteiger partial charge < -0.3 is 0 Å². The second-order valence-electron chi connectivity index (χ2n) is 4.37. The third-order valence-corrected chi connectivity index (χ3v) is 3.74. The Bertz CT molecular complexity index is 490. The number of isocyanates is 1. The fraction of sp³-hybridized carbons (Fsp3) is 0.462. The Morgan fingerprint density at radius 1 is 1.53 bits per heavy atom. The summed E-state index contributed by atoms with van der Waals surface area (Å²) in [7, 11) is 0. The first-order chi connectivity index (χ1) is 8.13. The summed E-state index contributed by atoms with van der Waals surface area (Å²) in [6.07, 6.45) is 4.80. The van der Waals surface area contributed by atoms with Crippen LogP contribution >= 0.6 is 11.6 Å². The molecule has 0 N–H and O–H groups in total. The van der Waals surface area contributed by atoms with Gasteiger partial charge in [-0.15, -0.1) is 0 Å². The van der Waals surface area contributed by atoms with E-state index in [1.165, 1.54) is 0 Å². The summed E-state index contributed by atoms with van der Waals surface area (Å²) in [5, 5.41) is 0.103. The Labute approximate surface area is 105 Å². The van der Waals surface area contributed by atoms with Crippen LogP contribution in [0.3, 0.4) is 0 Å². The maximum Gasteiger partial charge on any atom is 0.235 e. The second-order valence-corrected chi connectivity index (χ2v) is 4.78. The average molecular weight is 254 g/mol. The zero-order valence-corrected chi connectivity index (χ0v) is 10.4. The highest BCUT2D eigenvalue weighted by molar-refractivity contribution is 6.30. The van der Waals surface area contributed by atoms with Crippen LogP contribution in [0.2, 0.25) is 5.02 Å². The molecule has 1 aliphatic carbocycles. The summed E-state index contributed by atoms with van der Waals surface area (Å²) in [6, 6.07) is 3.34. The smallest absolute Gasteiger partial charge is 0.211 e. The van der Waals surface area contributed by atoms with Gasteiger partial charge in [-0.2, -0.15) is 4.99 Å². The van der Waals surface area contributed by atoms with Crippen molar-refractivity contribution >= 4 is 17.7 Å². The molecule has 0 spiro atoms. The van der Waals surface area contributed by atoms with Crippen LogP contribution in [0.25, 0.3) is 0 Å². The molecular formula is C13H13ClFNO. The van der Waals surface area contributed by atoms with Crippen LogP contribution in [0.5, 0.6) is 0 Å². The summed E-state index contributed by atoms with van der Waals surface area (Å²) in [5.74, 6) is -0.373. The fourth-order valence-electron chi connectivity index (χ4n) is 2.24. The van der Waals surface area contributed by atoms with E-state index in [0.717, 1.165) is 24.8 Å². The lowest BCUT2D eigenvalue weighted by Gasteiger charge is -2.37. The van der Waals surface area contributed by atoms with Crippen LogP contribution in [0.1, 0.15) is 37.3 Å². The van der Waals surface area contributed by atoms with Gasteiger partial charge in [-0.05, 0) is 42.9 Å². The second kappa shape index (κ2) is 4.59. The van der Waals surface area contributed by atoms with Crippen molar-refractivity contribution in [3.8, 4) is 0 Å². The van der Waals surface area contributed by atoms with E-state index in [1.807, 2.05) is 6.92 Å². The molecule has 2 rings (SSSR count). The van der Waals surface area contributed by atoms with Crippen LogP contribution in [0.4, 0.5) is 4.39 Å². The van der Waals surface area contributed by atoms with Crippen molar-refractivity contribution in [2.75, 3.05) is 0 Å². The quantitative estimate of drug-likeness (QED) is 0.596. The van der Waals surface area contributed by atoms with Gasteiger partial charge in [-0.1, -0.05) is 24.6 Å². The zero-order chi connectivity index (χ0) is 12.5. The number of halogens is 2. The molecule has 4 heteroatoms. The van der Waals surface area contributed by atoms with Crippen LogP contribution in [-0.2, 0) is 16.8 Å². The first-order valence-corrected chi connectivity index (χ1v) is 6.08. The first kappa shape index (κ1) is 12.3. The monoisotopic (exact) mass is 253 g/mol. The number of rotatable bonds is 3. The molecule has 17 heavy (non-hydrogen) atoms. The highest BCUT2D eigenvalue weighted by Gasteiger charge is 2.39. The number of carbonyl (C=O) groups excluding carboxylic acids is 1. The maximum absolute atomic E-state index is 13.6. The molecule has 0 atom stereocenters. The van der Waals surface area contributed by atoms with Crippen LogP contribution < -0.4 is 0 Å². The SMILES string of the molecule is CCc1cc(C2(N=C=O)CCC2)cc(Cl)c1F. The predicted molar refractivity (Wildman–Crippen MR) is 64.4 cm³/mol. The Morgan fingerprint density at radius 3 is 2.71 bits per heavy atom. The molecule has 0 heterocycles. The Kier molecular flexibility index (Phi) is 3.32. The van der Waals surface area contributed by atoms with Gasteiger partial charge in [-0.25, -0.2) is 9.18 Å². The highest BCUT2D eigenvalue weighted by Crippen LogP contribution is 2.45. The van der Waals surface area contributed by atoms with Crippen LogP contribution in [0, 0.1) is 5.82 Å². The topological polar surface area (TPSA) is 29.4 Å². The molecule has 0 aliphatic heterocycles. The lowest BCUT2D eigenvalue weighted by molar-refractivity contribution is 0.255. The lowest BCUT2D eigenvalue weighted by atomic mass is 9.72. The van der Waals surface area contributed by atoms with Crippen molar-refractivity contribution in [2.45, 2.75) is 38.1 Å². The molecule has 2 nitrogen and oxygen atoms in total. The Balaban J connectivity index is 2.52. The summed E-state index contributed by atoms with van der Waals surface area (Å²) < 4.78 is 13.6. The van der Waals surface area contributed by atoms with Crippen molar-refractivity contribution in [3.63, 3.8) is 0 Å². The van der Waals surface area contributed by atoms with E-state index in [0.29, 0.717) is 12.0 Å². The number of benzene rings is 1. The minimum absolute atomic E-state index is 0.103. The normalized spacial score (nSPS) is 17.1. The number of hydrogen-bond donors (Lipinski definition) is 0. The summed E-state index contributed by atoms with van der Waals surface area (Å²) in [6.45, 7) is 1.87. The summed E-state index contributed by atoms with van der Waals surface area (Å²) >= 11 is 5.87. The predicted octanol–water partition coefficient (Wildman–Crippen LogP) is 3.76. The van der Waals surface area contributed by atoms with Gasteiger partial charge in [0.25, 0.3) is 0 Å². The first-order valence-electron chi connectivity index (χ1n) is 5.70. The summed E-state index contributed by atoms with van der Waals surface area (Å²) in [5.41, 5.74) is 0.887. The van der Waals surface area contributed by atoms with Gasteiger partial charge in [0.1, 0.15) is 5.82 Å². The molecule has 1 fully saturated rings. The van der Waals surface area contributed by atoms with Crippen molar-refractivity contribution in [1.82, 2.24) is 0 Å². The fourth-order valence-corrected chi connectivity index (χ4v) is 2.47. The highest BCUT2D eigenvalue weighted by atomic mass is 35.5. The zero-order valence-electron chi connectivity index (χ0n) is 9.59. The van der Waals surface area contributed by atoms with Gasteiger partial charge in [0.05, 0.1) is 10.6 Å². The van der Waals surface area contributed by atoms with E-state index < -0.39 is 5.54 Å². The van der Waals surface area contributed by atoms with Crippen LogP contribution in [0.15, 0.2) is 17.1 Å². The van der Waals surface area contributed by atoms with Crippen molar-refractivity contribution < 1.29 is 9.18 Å². The molecule has 0 radical (unpaired) electrons. The molecule has 0 unspecified atom stereocenters. The molecule has 0 aromatic heterocycles. The molecule has 0 bridgehead atoms. The lowest BCUT2D eigenvalue weighted by Crippen LogP contribution is -2.32. The van der Waals surface area contributed by atoms with Gasteiger partial charge in [0, 0.05) is 0 Å². The third kappa shape index (κ3) is 2.01. The third-order valence-electron chi connectivity index (χ3n) is 3.46. The van der Waals surface area contributed by atoms with E-state index in [2.05, 4.69) is 4.99 Å². The van der Waals surface area contributed by atoms with E-state index in [1.54, 1.807) is 18.2 Å². The molecule has 1 aromatic rings. The standard InChI is InChI=1S/C13H13ClFNO/c1-2-9-6-10(7-11(14)12(9)15)13(16-8-17)4-3-5-13/h6-7H,2-5H2,1H3. The van der Waals surface area contributed by atoms with Crippen molar-refractivity contribution in [2.24, 2.45) is 4.99 Å². The Morgan fingerprint density at radius 2 is 2.24 bits per heavy atom. The molecule has 1 aliphatic rings. The molecule has 0 amide bonds.